The molecule has 0 aliphatic carbocycles. The van der Waals surface area contributed by atoms with Gasteiger partial charge < -0.3 is 19.1 Å². The summed E-state index contributed by atoms with van der Waals surface area (Å²) in [6, 6.07) is 8.05. The molecule has 1 aromatic heterocycles. The van der Waals surface area contributed by atoms with Crippen molar-refractivity contribution in [2.45, 2.75) is 19.5 Å². The number of rotatable bonds is 7. The van der Waals surface area contributed by atoms with Crippen molar-refractivity contribution in [3.63, 3.8) is 0 Å². The van der Waals surface area contributed by atoms with Gasteiger partial charge in [-0.15, -0.1) is 9.24 Å². The summed E-state index contributed by atoms with van der Waals surface area (Å²) in [7, 11) is 3.97. The van der Waals surface area contributed by atoms with Gasteiger partial charge in [-0.3, -0.25) is 4.57 Å². The Labute approximate surface area is 213 Å². The van der Waals surface area contributed by atoms with E-state index in [0.717, 1.165) is 6.07 Å². The number of anilines is 1. The highest BCUT2D eigenvalue weighted by atomic mass is 31.0. The Balaban J connectivity index is 1.44. The molecule has 1 saturated heterocycles. The van der Waals surface area contributed by atoms with Crippen molar-refractivity contribution in [1.29, 1.82) is 0 Å². The van der Waals surface area contributed by atoms with Crippen LogP contribution in [0.4, 0.5) is 23.4 Å². The molecule has 4 rings (SSSR count). The number of benzene rings is 2. The molecule has 2 heterocycles. The molecule has 0 radical (unpaired) electrons. The van der Waals surface area contributed by atoms with E-state index in [1.165, 1.54) is 29.7 Å². The van der Waals surface area contributed by atoms with Gasteiger partial charge in [-0.25, -0.2) is 9.18 Å². The Kier molecular flexibility index (Phi) is 8.04. The van der Waals surface area contributed by atoms with Crippen molar-refractivity contribution >= 4 is 20.4 Å². The predicted molar refractivity (Wildman–Crippen MR) is 134 cm³/mol. The maximum atomic E-state index is 14.8. The van der Waals surface area contributed by atoms with Crippen molar-refractivity contribution in [2.24, 2.45) is 7.05 Å². The number of aryl methyl sites for hydroxylation is 1. The maximum absolute atomic E-state index is 14.8. The zero-order valence-corrected chi connectivity index (χ0v) is 21.4. The minimum Gasteiger partial charge on any atom is -0.477 e. The molecule has 1 atom stereocenters. The Bertz CT molecular complexity index is 1320. The second-order valence-corrected chi connectivity index (χ2v) is 9.19. The van der Waals surface area contributed by atoms with Gasteiger partial charge in [0.15, 0.2) is 11.6 Å². The smallest absolute Gasteiger partial charge is 0.416 e. The summed E-state index contributed by atoms with van der Waals surface area (Å²) in [6.07, 6.45) is -4.25. The molecule has 1 fully saturated rings. The minimum atomic E-state index is -4.55. The van der Waals surface area contributed by atoms with Crippen LogP contribution in [0.2, 0.25) is 0 Å². The molecule has 1 unspecified atom stereocenters. The Morgan fingerprint density at radius 1 is 1.14 bits per heavy atom. The van der Waals surface area contributed by atoms with Crippen LogP contribution >= 0.6 is 9.24 Å². The largest absolute Gasteiger partial charge is 0.477 e. The Morgan fingerprint density at radius 3 is 2.54 bits per heavy atom. The molecule has 0 saturated carbocycles. The van der Waals surface area contributed by atoms with Crippen molar-refractivity contribution in [1.82, 2.24) is 9.55 Å². The van der Waals surface area contributed by atoms with Gasteiger partial charge in [-0.1, -0.05) is 6.07 Å². The highest BCUT2D eigenvalue weighted by Crippen LogP contribution is 2.35. The molecular formula is C25H26F4N3O4P. The molecule has 0 spiro atoms. The molecule has 1 aliphatic heterocycles. The summed E-state index contributed by atoms with van der Waals surface area (Å²) < 4.78 is 72.4. The predicted octanol–water partition coefficient (Wildman–Crippen LogP) is 4.00. The molecule has 12 heteroatoms. The van der Waals surface area contributed by atoms with E-state index < -0.39 is 23.2 Å². The minimum absolute atomic E-state index is 0.0459. The summed E-state index contributed by atoms with van der Waals surface area (Å²) in [5.74, 6) is -0.198. The highest BCUT2D eigenvalue weighted by molar-refractivity contribution is 7.27. The van der Waals surface area contributed by atoms with E-state index in [4.69, 9.17) is 14.2 Å². The molecule has 0 bridgehead atoms. The zero-order valence-electron chi connectivity index (χ0n) is 20.3. The molecular weight excluding hydrogens is 513 g/mol. The molecule has 0 N–H and O–H groups in total. The maximum Gasteiger partial charge on any atom is 0.416 e. The van der Waals surface area contributed by atoms with E-state index in [-0.39, 0.29) is 29.5 Å². The lowest BCUT2D eigenvalue weighted by Gasteiger charge is -2.29. The lowest BCUT2D eigenvalue weighted by Crippen LogP contribution is -2.39. The SMILES string of the molecule is Cc1ccc(Oc2c(F)cc(CCOc3cc(N4CCOCC4)n(C)c(=O)n3)cc2P)cc1C(F)(F)F. The van der Waals surface area contributed by atoms with Crippen LogP contribution in [-0.4, -0.2) is 42.5 Å². The van der Waals surface area contributed by atoms with Crippen LogP contribution in [0.25, 0.3) is 0 Å². The first-order valence-corrected chi connectivity index (χ1v) is 12.1. The number of hydrogen-bond donors (Lipinski definition) is 0. The number of alkyl halides is 3. The molecule has 37 heavy (non-hydrogen) atoms. The third-order valence-corrected chi connectivity index (χ3v) is 6.36. The zero-order chi connectivity index (χ0) is 26.7. The molecule has 198 valence electrons. The van der Waals surface area contributed by atoms with Gasteiger partial charge in [-0.05, 0) is 42.3 Å². The van der Waals surface area contributed by atoms with Crippen LogP contribution in [0.3, 0.4) is 0 Å². The fraction of sp³-hybridized carbons (Fsp3) is 0.360. The van der Waals surface area contributed by atoms with Crippen LogP contribution in [0.5, 0.6) is 17.4 Å². The van der Waals surface area contributed by atoms with Gasteiger partial charge in [0.1, 0.15) is 11.6 Å². The summed E-state index contributed by atoms with van der Waals surface area (Å²) >= 11 is 0. The van der Waals surface area contributed by atoms with Crippen molar-refractivity contribution in [3.05, 3.63) is 69.4 Å². The number of ether oxygens (including phenoxy) is 3. The lowest BCUT2D eigenvalue weighted by atomic mass is 10.1. The second kappa shape index (κ2) is 11.1. The molecule has 1 aliphatic rings. The van der Waals surface area contributed by atoms with E-state index in [0.29, 0.717) is 49.4 Å². The number of hydrogen-bond acceptors (Lipinski definition) is 6. The topological polar surface area (TPSA) is 65.8 Å². The molecule has 0 amide bonds. The second-order valence-electron chi connectivity index (χ2n) is 8.56. The normalized spacial score (nSPS) is 14.1. The van der Waals surface area contributed by atoms with Gasteiger partial charge in [0.25, 0.3) is 0 Å². The van der Waals surface area contributed by atoms with Crippen LogP contribution in [-0.2, 0) is 24.4 Å². The van der Waals surface area contributed by atoms with Crippen LogP contribution < -0.4 is 25.4 Å². The number of aromatic nitrogens is 2. The summed E-state index contributed by atoms with van der Waals surface area (Å²) in [5.41, 5.74) is -0.675. The fourth-order valence-corrected chi connectivity index (χ4v) is 4.37. The van der Waals surface area contributed by atoms with E-state index >= 15 is 0 Å². The molecule has 7 nitrogen and oxygen atoms in total. The van der Waals surface area contributed by atoms with Crippen LogP contribution in [0.1, 0.15) is 16.7 Å². The number of nitrogens with zero attached hydrogens (tertiary/aromatic N) is 3. The van der Waals surface area contributed by atoms with E-state index in [1.54, 1.807) is 19.2 Å². The Hall–Kier alpha value is -3.17. The van der Waals surface area contributed by atoms with Gasteiger partial charge in [0.2, 0.25) is 5.88 Å². The first kappa shape index (κ1) is 26.9. The molecule has 3 aromatic rings. The fourth-order valence-electron chi connectivity index (χ4n) is 3.96. The average molecular weight is 539 g/mol. The van der Waals surface area contributed by atoms with Crippen LogP contribution in [0, 0.1) is 12.7 Å². The third-order valence-electron chi connectivity index (χ3n) is 5.93. The first-order chi connectivity index (χ1) is 17.5. The van der Waals surface area contributed by atoms with Crippen molar-refractivity contribution in [3.8, 4) is 17.4 Å². The highest BCUT2D eigenvalue weighted by Gasteiger charge is 2.33. The van der Waals surface area contributed by atoms with Gasteiger partial charge >= 0.3 is 11.9 Å². The van der Waals surface area contributed by atoms with E-state index in [1.807, 2.05) is 4.90 Å². The number of halogens is 4. The number of morpholine rings is 1. The van der Waals surface area contributed by atoms with Crippen molar-refractivity contribution < 1.29 is 31.8 Å². The average Bonchev–Trinajstić information content (AvgIpc) is 2.84. The van der Waals surface area contributed by atoms with Crippen molar-refractivity contribution in [2.75, 3.05) is 37.8 Å². The summed E-state index contributed by atoms with van der Waals surface area (Å²) in [4.78, 5) is 18.2. The Morgan fingerprint density at radius 2 is 1.86 bits per heavy atom. The summed E-state index contributed by atoms with van der Waals surface area (Å²) in [5, 5.41) is 0.338. The van der Waals surface area contributed by atoms with Gasteiger partial charge in [-0.2, -0.15) is 18.2 Å². The monoisotopic (exact) mass is 539 g/mol. The van der Waals surface area contributed by atoms with E-state index in [9.17, 15) is 22.4 Å². The van der Waals surface area contributed by atoms with Crippen LogP contribution in [0.15, 0.2) is 41.2 Å². The van der Waals surface area contributed by atoms with E-state index in [2.05, 4.69) is 14.2 Å². The first-order valence-electron chi connectivity index (χ1n) is 11.5. The van der Waals surface area contributed by atoms with Gasteiger partial charge in [0, 0.05) is 37.9 Å². The summed E-state index contributed by atoms with van der Waals surface area (Å²) in [6.45, 7) is 3.87. The van der Waals surface area contributed by atoms with Gasteiger partial charge in [0.05, 0.1) is 25.4 Å². The molecule has 2 aromatic carbocycles. The lowest BCUT2D eigenvalue weighted by molar-refractivity contribution is -0.138. The standard InChI is InChI=1S/C25H26F4N3O4P/c1-15-3-4-17(13-18(15)25(27,28)29)36-23-19(26)11-16(12-20(23)37)5-8-35-21-14-22(31(2)24(33)30-21)32-6-9-34-10-7-32/h3-4,11-14H,5-10,37H2,1-2H3. The quantitative estimate of drug-likeness (QED) is 0.334. The third kappa shape index (κ3) is 6.40.